The molecule has 0 spiro atoms. The monoisotopic (exact) mass is 221 g/mol. The van der Waals surface area contributed by atoms with Gasteiger partial charge in [-0.05, 0) is 17.7 Å². The molecule has 1 aromatic rings. The Labute approximate surface area is 84.5 Å². The molecule has 0 aromatic heterocycles. The van der Waals surface area contributed by atoms with E-state index < -0.39 is 11.8 Å². The van der Waals surface area contributed by atoms with Crippen molar-refractivity contribution in [2.24, 2.45) is 0 Å². The second kappa shape index (κ2) is 2.82. The molecule has 1 aliphatic rings. The van der Waals surface area contributed by atoms with E-state index in [1.807, 2.05) is 0 Å². The van der Waals surface area contributed by atoms with Crippen molar-refractivity contribution in [2.45, 2.75) is 11.8 Å². The molecule has 1 unspecified atom stereocenters. The van der Waals surface area contributed by atoms with Crippen molar-refractivity contribution in [3.63, 3.8) is 0 Å². The van der Waals surface area contributed by atoms with E-state index in [1.165, 1.54) is 12.1 Å². The Balaban J connectivity index is 2.33. The Bertz CT molecular complexity index is 349. The van der Waals surface area contributed by atoms with Gasteiger partial charge in [-0.3, -0.25) is 0 Å². The minimum atomic E-state index is -2.70. The van der Waals surface area contributed by atoms with Crippen LogP contribution in [0.2, 0.25) is 10.0 Å². The summed E-state index contributed by atoms with van der Waals surface area (Å²) < 4.78 is 25.2. The van der Waals surface area contributed by atoms with Crippen LogP contribution in [0, 0.1) is 6.42 Å². The first-order valence-electron chi connectivity index (χ1n) is 3.69. The van der Waals surface area contributed by atoms with Gasteiger partial charge in [0, 0.05) is 16.5 Å². The van der Waals surface area contributed by atoms with Gasteiger partial charge in [0.1, 0.15) is 0 Å². The van der Waals surface area contributed by atoms with Crippen molar-refractivity contribution in [2.75, 3.05) is 0 Å². The van der Waals surface area contributed by atoms with Crippen molar-refractivity contribution >= 4 is 23.2 Å². The number of hydrogen-bond acceptors (Lipinski definition) is 0. The summed E-state index contributed by atoms with van der Waals surface area (Å²) in [7, 11) is 0. The normalized spacial score (nSPS) is 24.5. The minimum absolute atomic E-state index is 0.297. The van der Waals surface area contributed by atoms with E-state index in [9.17, 15) is 8.78 Å². The predicted octanol–water partition coefficient (Wildman–Crippen LogP) is 3.93. The third kappa shape index (κ3) is 1.65. The van der Waals surface area contributed by atoms with Crippen molar-refractivity contribution in [3.05, 3.63) is 40.2 Å². The van der Waals surface area contributed by atoms with E-state index in [0.717, 1.165) is 6.42 Å². The average Bonchev–Trinajstić information content (AvgIpc) is 2.59. The first-order chi connectivity index (χ1) is 6.00. The molecule has 1 aliphatic carbocycles. The van der Waals surface area contributed by atoms with Gasteiger partial charge in [0.05, 0.1) is 5.92 Å². The largest absolute Gasteiger partial charge is 0.259 e. The molecule has 1 radical (unpaired) electrons. The fourth-order valence-corrected chi connectivity index (χ4v) is 1.75. The maximum Gasteiger partial charge on any atom is 0.259 e. The lowest BCUT2D eigenvalue weighted by Gasteiger charge is -2.02. The second-order valence-electron chi connectivity index (χ2n) is 2.98. The average molecular weight is 222 g/mol. The molecule has 0 heterocycles. The molecule has 0 saturated heterocycles. The maximum atomic E-state index is 12.6. The molecule has 0 nitrogen and oxygen atoms in total. The zero-order valence-corrected chi connectivity index (χ0v) is 7.91. The summed E-state index contributed by atoms with van der Waals surface area (Å²) in [5.74, 6) is -3.53. The Hall–Kier alpha value is -0.340. The number of rotatable bonds is 1. The molecule has 0 amide bonds. The molecule has 1 saturated carbocycles. The fourth-order valence-electron chi connectivity index (χ4n) is 1.22. The number of benzene rings is 1. The summed E-state index contributed by atoms with van der Waals surface area (Å²) in [4.78, 5) is 0. The summed E-state index contributed by atoms with van der Waals surface area (Å²) in [6.45, 7) is 0. The Morgan fingerprint density at radius 1 is 1.23 bits per heavy atom. The van der Waals surface area contributed by atoms with Crippen LogP contribution in [0.4, 0.5) is 8.78 Å². The Morgan fingerprint density at radius 2 is 1.85 bits per heavy atom. The van der Waals surface area contributed by atoms with Gasteiger partial charge in [0.25, 0.3) is 5.92 Å². The summed E-state index contributed by atoms with van der Waals surface area (Å²) in [6, 6.07) is 4.57. The van der Waals surface area contributed by atoms with Gasteiger partial charge >= 0.3 is 0 Å². The summed E-state index contributed by atoms with van der Waals surface area (Å²) >= 11 is 11.4. The van der Waals surface area contributed by atoms with E-state index >= 15 is 0 Å². The molecule has 0 bridgehead atoms. The van der Waals surface area contributed by atoms with Crippen LogP contribution in [-0.4, -0.2) is 5.92 Å². The van der Waals surface area contributed by atoms with Gasteiger partial charge < -0.3 is 0 Å². The van der Waals surface area contributed by atoms with Crippen LogP contribution < -0.4 is 0 Å². The molecule has 2 rings (SSSR count). The highest BCUT2D eigenvalue weighted by Gasteiger charge is 2.58. The molecule has 1 aromatic carbocycles. The van der Waals surface area contributed by atoms with Crippen molar-refractivity contribution in [1.29, 1.82) is 0 Å². The Kier molecular flexibility index (Phi) is 2.00. The van der Waals surface area contributed by atoms with E-state index in [2.05, 4.69) is 0 Å². The maximum absolute atomic E-state index is 12.6. The standard InChI is InChI=1S/C9H5Cl2F2/c10-5-1-2-6(8(11)3-5)7-4-9(7,12)13/h1-4,7H. The zero-order chi connectivity index (χ0) is 9.64. The molecule has 0 N–H and O–H groups in total. The SMILES string of the molecule is FC1(F)[CH]C1c1ccc(Cl)cc1Cl. The molecule has 1 atom stereocenters. The second-order valence-corrected chi connectivity index (χ2v) is 3.83. The minimum Gasteiger partial charge on any atom is -0.206 e. The highest BCUT2D eigenvalue weighted by Crippen LogP contribution is 2.56. The van der Waals surface area contributed by atoms with Crippen molar-refractivity contribution in [1.82, 2.24) is 0 Å². The first-order valence-corrected chi connectivity index (χ1v) is 4.45. The van der Waals surface area contributed by atoms with E-state index in [-0.39, 0.29) is 0 Å². The summed E-state index contributed by atoms with van der Waals surface area (Å²) in [6.07, 6.45) is 0.960. The zero-order valence-electron chi connectivity index (χ0n) is 6.40. The predicted molar refractivity (Wildman–Crippen MR) is 48.5 cm³/mol. The number of alkyl halides is 2. The van der Waals surface area contributed by atoms with Gasteiger partial charge in [-0.25, -0.2) is 8.78 Å². The van der Waals surface area contributed by atoms with Crippen LogP contribution in [0.3, 0.4) is 0 Å². The van der Waals surface area contributed by atoms with Crippen LogP contribution in [0.5, 0.6) is 0 Å². The lowest BCUT2D eigenvalue weighted by molar-refractivity contribution is 0.124. The van der Waals surface area contributed by atoms with Gasteiger partial charge in [-0.2, -0.15) is 0 Å². The third-order valence-corrected chi connectivity index (χ3v) is 2.55. The number of halogens is 4. The summed E-state index contributed by atoms with van der Waals surface area (Å²) in [5, 5.41) is 0.753. The van der Waals surface area contributed by atoms with E-state index in [4.69, 9.17) is 23.2 Å². The first kappa shape index (κ1) is 9.22. The van der Waals surface area contributed by atoms with Crippen molar-refractivity contribution in [3.8, 4) is 0 Å². The Morgan fingerprint density at radius 3 is 2.31 bits per heavy atom. The van der Waals surface area contributed by atoms with Crippen LogP contribution in [-0.2, 0) is 0 Å². The molecular formula is C9H5Cl2F2. The van der Waals surface area contributed by atoms with Gasteiger partial charge in [-0.15, -0.1) is 0 Å². The van der Waals surface area contributed by atoms with Gasteiger partial charge in [0.15, 0.2) is 0 Å². The topological polar surface area (TPSA) is 0 Å². The molecule has 4 heteroatoms. The highest BCUT2D eigenvalue weighted by molar-refractivity contribution is 6.35. The fraction of sp³-hybridized carbons (Fsp3) is 0.222. The molecule has 13 heavy (non-hydrogen) atoms. The number of hydrogen-bond donors (Lipinski definition) is 0. The quantitative estimate of drug-likeness (QED) is 0.675. The lowest BCUT2D eigenvalue weighted by Crippen LogP contribution is -1.93. The van der Waals surface area contributed by atoms with E-state index in [0.29, 0.717) is 15.6 Å². The van der Waals surface area contributed by atoms with Crippen LogP contribution in [0.15, 0.2) is 18.2 Å². The van der Waals surface area contributed by atoms with Crippen molar-refractivity contribution < 1.29 is 8.78 Å². The smallest absolute Gasteiger partial charge is 0.206 e. The van der Waals surface area contributed by atoms with Crippen LogP contribution in [0.1, 0.15) is 11.5 Å². The third-order valence-electron chi connectivity index (χ3n) is 1.99. The van der Waals surface area contributed by atoms with E-state index in [1.54, 1.807) is 6.07 Å². The van der Waals surface area contributed by atoms with Crippen LogP contribution in [0.25, 0.3) is 0 Å². The molecule has 1 fully saturated rings. The van der Waals surface area contributed by atoms with Crippen LogP contribution >= 0.6 is 23.2 Å². The molecule has 0 aliphatic heterocycles. The lowest BCUT2D eigenvalue weighted by atomic mass is 10.1. The molecular weight excluding hydrogens is 217 g/mol. The highest BCUT2D eigenvalue weighted by atomic mass is 35.5. The van der Waals surface area contributed by atoms with Gasteiger partial charge in [-0.1, -0.05) is 29.3 Å². The molecule has 69 valence electrons. The van der Waals surface area contributed by atoms with Gasteiger partial charge in [0.2, 0.25) is 0 Å². The summed E-state index contributed by atoms with van der Waals surface area (Å²) in [5.41, 5.74) is 0.441.